The van der Waals surface area contributed by atoms with Crippen LogP contribution in [0.1, 0.15) is 17.2 Å². The molecule has 5 heteroatoms. The third kappa shape index (κ3) is 2.98. The van der Waals surface area contributed by atoms with E-state index in [0.717, 1.165) is 16.9 Å². The van der Waals surface area contributed by atoms with Gasteiger partial charge < -0.3 is 14.6 Å². The SMILES string of the molecule is O=C(O)C(NCc1ccc2c(c1)OCO2)c1ccccc1. The molecule has 0 saturated carbocycles. The zero-order valence-corrected chi connectivity index (χ0v) is 11.3. The Morgan fingerprint density at radius 1 is 1.14 bits per heavy atom. The summed E-state index contributed by atoms with van der Waals surface area (Å²) in [6.45, 7) is 0.663. The van der Waals surface area contributed by atoms with E-state index in [9.17, 15) is 9.90 Å². The average molecular weight is 285 g/mol. The third-order valence-corrected chi connectivity index (χ3v) is 3.33. The number of hydrogen-bond acceptors (Lipinski definition) is 4. The molecule has 5 nitrogen and oxygen atoms in total. The molecule has 1 heterocycles. The molecule has 2 N–H and O–H groups in total. The quantitative estimate of drug-likeness (QED) is 0.882. The largest absolute Gasteiger partial charge is 0.480 e. The van der Waals surface area contributed by atoms with E-state index in [1.807, 2.05) is 36.4 Å². The summed E-state index contributed by atoms with van der Waals surface area (Å²) in [5.74, 6) is 0.513. The molecule has 0 spiro atoms. The van der Waals surface area contributed by atoms with Gasteiger partial charge in [0.25, 0.3) is 0 Å². The molecule has 1 atom stereocenters. The molecule has 0 fully saturated rings. The first-order valence-electron chi connectivity index (χ1n) is 6.64. The van der Waals surface area contributed by atoms with E-state index in [4.69, 9.17) is 9.47 Å². The second-order valence-electron chi connectivity index (χ2n) is 4.75. The molecule has 0 radical (unpaired) electrons. The minimum atomic E-state index is -0.901. The fourth-order valence-electron chi connectivity index (χ4n) is 2.26. The van der Waals surface area contributed by atoms with Crippen molar-refractivity contribution in [3.05, 3.63) is 59.7 Å². The lowest BCUT2D eigenvalue weighted by atomic mass is 10.1. The number of nitrogens with one attached hydrogen (secondary N) is 1. The summed E-state index contributed by atoms with van der Waals surface area (Å²) in [4.78, 5) is 11.4. The molecule has 0 amide bonds. The highest BCUT2D eigenvalue weighted by atomic mass is 16.7. The maximum absolute atomic E-state index is 11.4. The van der Waals surface area contributed by atoms with E-state index in [-0.39, 0.29) is 6.79 Å². The van der Waals surface area contributed by atoms with Gasteiger partial charge in [0.05, 0.1) is 0 Å². The molecule has 3 rings (SSSR count). The molecule has 0 aliphatic carbocycles. The molecule has 2 aromatic carbocycles. The van der Waals surface area contributed by atoms with Gasteiger partial charge in [0.1, 0.15) is 6.04 Å². The number of aliphatic carboxylic acids is 1. The molecular weight excluding hydrogens is 270 g/mol. The van der Waals surface area contributed by atoms with Crippen molar-refractivity contribution < 1.29 is 19.4 Å². The van der Waals surface area contributed by atoms with E-state index in [2.05, 4.69) is 5.32 Å². The van der Waals surface area contributed by atoms with E-state index in [1.165, 1.54) is 0 Å². The first-order chi connectivity index (χ1) is 10.2. The lowest BCUT2D eigenvalue weighted by molar-refractivity contribution is -0.139. The highest BCUT2D eigenvalue weighted by Gasteiger charge is 2.19. The molecule has 2 aromatic rings. The van der Waals surface area contributed by atoms with Gasteiger partial charge in [-0.15, -0.1) is 0 Å². The zero-order valence-electron chi connectivity index (χ0n) is 11.3. The van der Waals surface area contributed by atoms with Crippen molar-refractivity contribution in [2.45, 2.75) is 12.6 Å². The van der Waals surface area contributed by atoms with Crippen LogP contribution in [0.5, 0.6) is 11.5 Å². The smallest absolute Gasteiger partial charge is 0.325 e. The normalized spacial score (nSPS) is 13.9. The Kier molecular flexibility index (Phi) is 3.75. The molecule has 1 aliphatic rings. The van der Waals surface area contributed by atoms with Crippen LogP contribution in [0.15, 0.2) is 48.5 Å². The molecule has 0 aromatic heterocycles. The van der Waals surface area contributed by atoms with Gasteiger partial charge in [0.2, 0.25) is 6.79 Å². The summed E-state index contributed by atoms with van der Waals surface area (Å²) in [5, 5.41) is 12.4. The summed E-state index contributed by atoms with van der Waals surface area (Å²) in [5.41, 5.74) is 1.67. The Morgan fingerprint density at radius 3 is 2.67 bits per heavy atom. The van der Waals surface area contributed by atoms with Gasteiger partial charge in [-0.3, -0.25) is 10.1 Å². The summed E-state index contributed by atoms with van der Waals surface area (Å²) in [6, 6.07) is 14.0. The standard InChI is InChI=1S/C16H15NO4/c18-16(19)15(12-4-2-1-3-5-12)17-9-11-6-7-13-14(8-11)21-10-20-13/h1-8,15,17H,9-10H2,(H,18,19). The third-order valence-electron chi connectivity index (χ3n) is 3.33. The first kappa shape index (κ1) is 13.5. The van der Waals surface area contributed by atoms with Gasteiger partial charge >= 0.3 is 5.97 Å². The van der Waals surface area contributed by atoms with Crippen molar-refractivity contribution >= 4 is 5.97 Å². The van der Waals surface area contributed by atoms with Crippen LogP contribution in [-0.2, 0) is 11.3 Å². The van der Waals surface area contributed by atoms with Crippen LogP contribution in [0.4, 0.5) is 0 Å². The van der Waals surface area contributed by atoms with Gasteiger partial charge in [0, 0.05) is 6.54 Å². The van der Waals surface area contributed by atoms with Gasteiger partial charge in [-0.1, -0.05) is 36.4 Å². The Hall–Kier alpha value is -2.53. The molecule has 0 bridgehead atoms. The van der Waals surface area contributed by atoms with E-state index in [0.29, 0.717) is 12.3 Å². The lowest BCUT2D eigenvalue weighted by Gasteiger charge is -2.15. The van der Waals surface area contributed by atoms with E-state index >= 15 is 0 Å². The van der Waals surface area contributed by atoms with Gasteiger partial charge in [-0.2, -0.15) is 0 Å². The number of carboxylic acid groups (broad SMARTS) is 1. The maximum Gasteiger partial charge on any atom is 0.325 e. The zero-order chi connectivity index (χ0) is 14.7. The minimum Gasteiger partial charge on any atom is -0.480 e. The summed E-state index contributed by atoms with van der Waals surface area (Å²) in [6.07, 6.45) is 0. The highest BCUT2D eigenvalue weighted by Crippen LogP contribution is 2.32. The van der Waals surface area contributed by atoms with Crippen LogP contribution in [0.25, 0.3) is 0 Å². The minimum absolute atomic E-state index is 0.230. The molecule has 1 aliphatic heterocycles. The van der Waals surface area contributed by atoms with Crippen molar-refractivity contribution in [1.82, 2.24) is 5.32 Å². The fraction of sp³-hybridized carbons (Fsp3) is 0.188. The molecule has 0 saturated heterocycles. The van der Waals surface area contributed by atoms with Crippen molar-refractivity contribution in [3.63, 3.8) is 0 Å². The van der Waals surface area contributed by atoms with Crippen molar-refractivity contribution in [2.75, 3.05) is 6.79 Å². The maximum atomic E-state index is 11.4. The first-order valence-corrected chi connectivity index (χ1v) is 6.64. The molecule has 21 heavy (non-hydrogen) atoms. The predicted molar refractivity (Wildman–Crippen MR) is 76.2 cm³/mol. The summed E-state index contributed by atoms with van der Waals surface area (Å²) in [7, 11) is 0. The van der Waals surface area contributed by atoms with Crippen LogP contribution < -0.4 is 14.8 Å². The van der Waals surface area contributed by atoms with Gasteiger partial charge in [0.15, 0.2) is 11.5 Å². The lowest BCUT2D eigenvalue weighted by Crippen LogP contribution is -2.28. The second kappa shape index (κ2) is 5.85. The van der Waals surface area contributed by atoms with E-state index < -0.39 is 12.0 Å². The summed E-state index contributed by atoms with van der Waals surface area (Å²) < 4.78 is 10.6. The second-order valence-corrected chi connectivity index (χ2v) is 4.75. The van der Waals surface area contributed by atoms with Crippen molar-refractivity contribution in [2.24, 2.45) is 0 Å². The van der Waals surface area contributed by atoms with Crippen molar-refractivity contribution in [3.8, 4) is 11.5 Å². The molecule has 1 unspecified atom stereocenters. The van der Waals surface area contributed by atoms with Crippen molar-refractivity contribution in [1.29, 1.82) is 0 Å². The van der Waals surface area contributed by atoms with Gasteiger partial charge in [-0.25, -0.2) is 0 Å². The Bertz CT molecular complexity index is 642. The topological polar surface area (TPSA) is 67.8 Å². The number of carbonyl (C=O) groups is 1. The Balaban J connectivity index is 1.71. The highest BCUT2D eigenvalue weighted by molar-refractivity contribution is 5.75. The number of fused-ring (bicyclic) bond motifs is 1. The molecule has 108 valence electrons. The number of carboxylic acids is 1. The average Bonchev–Trinajstić information content (AvgIpc) is 2.96. The number of ether oxygens (including phenoxy) is 2. The van der Waals surface area contributed by atoms with Crippen LogP contribution >= 0.6 is 0 Å². The van der Waals surface area contributed by atoms with Gasteiger partial charge in [-0.05, 0) is 23.3 Å². The Morgan fingerprint density at radius 2 is 1.90 bits per heavy atom. The summed E-state index contributed by atoms with van der Waals surface area (Å²) >= 11 is 0. The number of rotatable bonds is 5. The van der Waals surface area contributed by atoms with Crippen LogP contribution in [-0.4, -0.2) is 17.9 Å². The van der Waals surface area contributed by atoms with Crippen LogP contribution in [0.2, 0.25) is 0 Å². The Labute approximate surface area is 122 Å². The fourth-order valence-corrected chi connectivity index (χ4v) is 2.26. The number of hydrogen-bond donors (Lipinski definition) is 2. The van der Waals surface area contributed by atoms with Crippen LogP contribution in [0.3, 0.4) is 0 Å². The number of benzene rings is 2. The monoisotopic (exact) mass is 285 g/mol. The van der Waals surface area contributed by atoms with E-state index in [1.54, 1.807) is 12.1 Å². The van der Waals surface area contributed by atoms with Crippen LogP contribution in [0, 0.1) is 0 Å². The molecular formula is C16H15NO4. The predicted octanol–water partition coefficient (Wildman–Crippen LogP) is 2.33.